The van der Waals surface area contributed by atoms with Crippen molar-refractivity contribution in [3.63, 3.8) is 0 Å². The summed E-state index contributed by atoms with van der Waals surface area (Å²) in [5.41, 5.74) is 7.15. The molecule has 1 aromatic rings. The zero-order chi connectivity index (χ0) is 14.9. The van der Waals surface area contributed by atoms with Crippen LogP contribution in [0.4, 0.5) is 15.8 Å². The van der Waals surface area contributed by atoms with Gasteiger partial charge in [0.05, 0.1) is 31.1 Å². The molecule has 2 unspecified atom stereocenters. The van der Waals surface area contributed by atoms with E-state index in [1.807, 2.05) is 23.9 Å². The van der Waals surface area contributed by atoms with Crippen molar-refractivity contribution in [1.29, 1.82) is 5.26 Å². The standard InChI is InChI=1S/C14H19FN4O/c1-18(2)12-8-19(7-10(12)15)14-9(6-16)11(17)4-5-13(14)20-3/h4-5,10,12H,7-8,17H2,1-3H3. The molecular formula is C14H19FN4O. The van der Waals surface area contributed by atoms with Gasteiger partial charge in [0.2, 0.25) is 0 Å². The molecule has 1 aromatic carbocycles. The first kappa shape index (κ1) is 14.4. The van der Waals surface area contributed by atoms with E-state index in [1.165, 1.54) is 7.11 Å². The third-order valence-electron chi connectivity index (χ3n) is 3.70. The Labute approximate surface area is 118 Å². The maximum Gasteiger partial charge on any atom is 0.143 e. The van der Waals surface area contributed by atoms with Crippen LogP contribution >= 0.6 is 0 Å². The van der Waals surface area contributed by atoms with Crippen molar-refractivity contribution in [3.8, 4) is 11.8 Å². The Morgan fingerprint density at radius 1 is 1.45 bits per heavy atom. The Morgan fingerprint density at radius 3 is 2.65 bits per heavy atom. The molecule has 0 spiro atoms. The first-order chi connectivity index (χ1) is 9.49. The number of nitrogen functional groups attached to an aromatic ring is 1. The van der Waals surface area contributed by atoms with E-state index >= 15 is 0 Å². The van der Waals surface area contributed by atoms with E-state index in [9.17, 15) is 9.65 Å². The van der Waals surface area contributed by atoms with Crippen LogP contribution in [0.1, 0.15) is 5.56 Å². The van der Waals surface area contributed by atoms with Crippen LogP contribution in [-0.4, -0.2) is 51.4 Å². The first-order valence-electron chi connectivity index (χ1n) is 6.41. The first-order valence-corrected chi connectivity index (χ1v) is 6.41. The summed E-state index contributed by atoms with van der Waals surface area (Å²) in [6, 6.07) is 5.23. The number of likely N-dealkylation sites (N-methyl/N-ethyl adjacent to an activating group) is 1. The molecule has 6 heteroatoms. The van der Waals surface area contributed by atoms with Crippen LogP contribution in [0.3, 0.4) is 0 Å². The summed E-state index contributed by atoms with van der Waals surface area (Å²) in [5, 5.41) is 9.30. The summed E-state index contributed by atoms with van der Waals surface area (Å²) in [5.74, 6) is 0.544. The third-order valence-corrected chi connectivity index (χ3v) is 3.70. The van der Waals surface area contributed by atoms with Gasteiger partial charge >= 0.3 is 0 Å². The zero-order valence-corrected chi connectivity index (χ0v) is 11.9. The number of benzene rings is 1. The molecule has 20 heavy (non-hydrogen) atoms. The molecular weight excluding hydrogens is 259 g/mol. The number of hydrogen-bond acceptors (Lipinski definition) is 5. The number of ether oxygens (including phenoxy) is 1. The van der Waals surface area contributed by atoms with Crippen LogP contribution in [0.15, 0.2) is 12.1 Å². The number of nitrogens with two attached hydrogens (primary N) is 1. The van der Waals surface area contributed by atoms with Crippen LogP contribution in [0, 0.1) is 11.3 Å². The second-order valence-electron chi connectivity index (χ2n) is 5.14. The summed E-state index contributed by atoms with van der Waals surface area (Å²) in [4.78, 5) is 3.69. The minimum Gasteiger partial charge on any atom is -0.495 e. The Kier molecular flexibility index (Phi) is 4.00. The van der Waals surface area contributed by atoms with Gasteiger partial charge in [-0.25, -0.2) is 4.39 Å². The lowest BCUT2D eigenvalue weighted by Gasteiger charge is -2.24. The number of halogens is 1. The molecule has 1 saturated heterocycles. The minimum atomic E-state index is -0.970. The number of rotatable bonds is 3. The van der Waals surface area contributed by atoms with Gasteiger partial charge in [-0.15, -0.1) is 0 Å². The van der Waals surface area contributed by atoms with Crippen molar-refractivity contribution < 1.29 is 9.13 Å². The predicted octanol–water partition coefficient (Wildman–Crippen LogP) is 1.24. The molecule has 0 bridgehead atoms. The Morgan fingerprint density at radius 2 is 2.15 bits per heavy atom. The monoisotopic (exact) mass is 278 g/mol. The smallest absolute Gasteiger partial charge is 0.143 e. The van der Waals surface area contributed by atoms with E-state index < -0.39 is 6.17 Å². The molecule has 1 aliphatic heterocycles. The van der Waals surface area contributed by atoms with Crippen molar-refractivity contribution in [1.82, 2.24) is 4.90 Å². The second kappa shape index (κ2) is 5.55. The van der Waals surface area contributed by atoms with Crippen LogP contribution < -0.4 is 15.4 Å². The Bertz CT molecular complexity index is 541. The fourth-order valence-electron chi connectivity index (χ4n) is 2.60. The highest BCUT2D eigenvalue weighted by molar-refractivity contribution is 5.76. The predicted molar refractivity (Wildman–Crippen MR) is 76.7 cm³/mol. The van der Waals surface area contributed by atoms with E-state index in [0.29, 0.717) is 29.2 Å². The van der Waals surface area contributed by atoms with Gasteiger partial charge in [0.25, 0.3) is 0 Å². The molecule has 1 aliphatic rings. The van der Waals surface area contributed by atoms with Gasteiger partial charge in [-0.2, -0.15) is 5.26 Å². The average molecular weight is 278 g/mol. The van der Waals surface area contributed by atoms with Gasteiger partial charge in [0.1, 0.15) is 23.6 Å². The van der Waals surface area contributed by atoms with E-state index in [2.05, 4.69) is 6.07 Å². The minimum absolute atomic E-state index is 0.201. The van der Waals surface area contributed by atoms with E-state index in [-0.39, 0.29) is 12.6 Å². The normalized spacial score (nSPS) is 22.1. The molecule has 0 aromatic heterocycles. The van der Waals surface area contributed by atoms with Crippen LogP contribution in [0.5, 0.6) is 5.75 Å². The van der Waals surface area contributed by atoms with Crippen LogP contribution in [0.25, 0.3) is 0 Å². The average Bonchev–Trinajstić information content (AvgIpc) is 2.80. The highest BCUT2D eigenvalue weighted by Crippen LogP contribution is 2.38. The molecule has 1 fully saturated rings. The van der Waals surface area contributed by atoms with E-state index in [1.54, 1.807) is 12.1 Å². The van der Waals surface area contributed by atoms with Crippen molar-refractivity contribution in [2.75, 3.05) is 44.9 Å². The highest BCUT2D eigenvalue weighted by Gasteiger charge is 2.36. The zero-order valence-electron chi connectivity index (χ0n) is 11.9. The summed E-state index contributed by atoms with van der Waals surface area (Å²) in [6.07, 6.45) is -0.970. The lowest BCUT2D eigenvalue weighted by atomic mass is 10.1. The number of alkyl halides is 1. The van der Waals surface area contributed by atoms with Crippen molar-refractivity contribution in [2.24, 2.45) is 0 Å². The van der Waals surface area contributed by atoms with Crippen molar-refractivity contribution >= 4 is 11.4 Å². The lowest BCUT2D eigenvalue weighted by molar-refractivity contribution is 0.202. The lowest BCUT2D eigenvalue weighted by Crippen LogP contribution is -2.36. The van der Waals surface area contributed by atoms with Crippen molar-refractivity contribution in [2.45, 2.75) is 12.2 Å². The largest absolute Gasteiger partial charge is 0.495 e. The number of hydrogen-bond donors (Lipinski definition) is 1. The van der Waals surface area contributed by atoms with E-state index in [0.717, 1.165) is 0 Å². The number of nitrogens with zero attached hydrogens (tertiary/aromatic N) is 3. The van der Waals surface area contributed by atoms with Crippen molar-refractivity contribution in [3.05, 3.63) is 17.7 Å². The third kappa shape index (κ3) is 2.37. The fraction of sp³-hybridized carbons (Fsp3) is 0.500. The van der Waals surface area contributed by atoms with Gasteiger partial charge in [-0.05, 0) is 26.2 Å². The fourth-order valence-corrected chi connectivity index (χ4v) is 2.60. The topological polar surface area (TPSA) is 65.5 Å². The summed E-state index contributed by atoms with van der Waals surface area (Å²) in [7, 11) is 5.23. The van der Waals surface area contributed by atoms with Gasteiger partial charge < -0.3 is 20.3 Å². The molecule has 0 saturated carbocycles. The molecule has 2 N–H and O–H groups in total. The summed E-state index contributed by atoms with van der Waals surface area (Å²) < 4.78 is 19.4. The molecule has 2 atom stereocenters. The Hall–Kier alpha value is -2.00. The maximum absolute atomic E-state index is 14.1. The molecule has 5 nitrogen and oxygen atoms in total. The molecule has 1 heterocycles. The molecule has 0 amide bonds. The summed E-state index contributed by atoms with van der Waals surface area (Å²) in [6.45, 7) is 0.736. The molecule has 108 valence electrons. The molecule has 0 aliphatic carbocycles. The van der Waals surface area contributed by atoms with Crippen LogP contribution in [0.2, 0.25) is 0 Å². The number of methoxy groups -OCH3 is 1. The van der Waals surface area contributed by atoms with Gasteiger partial charge in [0.15, 0.2) is 0 Å². The van der Waals surface area contributed by atoms with Crippen LogP contribution in [-0.2, 0) is 0 Å². The number of nitriles is 1. The SMILES string of the molecule is COc1ccc(N)c(C#N)c1N1CC(F)C(N(C)C)C1. The summed E-state index contributed by atoms with van der Waals surface area (Å²) >= 11 is 0. The van der Waals surface area contributed by atoms with Gasteiger partial charge in [-0.3, -0.25) is 0 Å². The Balaban J connectivity index is 2.43. The molecule has 2 rings (SSSR count). The highest BCUT2D eigenvalue weighted by atomic mass is 19.1. The van der Waals surface area contributed by atoms with Gasteiger partial charge in [0, 0.05) is 6.54 Å². The van der Waals surface area contributed by atoms with Gasteiger partial charge in [-0.1, -0.05) is 0 Å². The maximum atomic E-state index is 14.1. The van der Waals surface area contributed by atoms with E-state index in [4.69, 9.17) is 10.5 Å². The quantitative estimate of drug-likeness (QED) is 0.843. The second-order valence-corrected chi connectivity index (χ2v) is 5.14. The number of anilines is 2. The molecule has 0 radical (unpaired) electrons.